The number of nitrogens with zero attached hydrogens (tertiary/aromatic N) is 1. The Morgan fingerprint density at radius 1 is 1.35 bits per heavy atom. The van der Waals surface area contributed by atoms with Gasteiger partial charge in [0.05, 0.1) is 12.8 Å². The van der Waals surface area contributed by atoms with Crippen molar-refractivity contribution in [3.8, 4) is 17.1 Å². The summed E-state index contributed by atoms with van der Waals surface area (Å²) in [7, 11) is 1.60. The van der Waals surface area contributed by atoms with E-state index in [-0.39, 0.29) is 5.56 Å². The summed E-state index contributed by atoms with van der Waals surface area (Å²) in [5.74, 6) is 1.25. The molecule has 1 aromatic carbocycles. The average molecular weight is 402 g/mol. The highest BCUT2D eigenvalue weighted by Crippen LogP contribution is 2.29. The highest BCUT2D eigenvalue weighted by atomic mass is 79.9. The van der Waals surface area contributed by atoms with Crippen molar-refractivity contribution in [2.75, 3.05) is 7.11 Å². The first-order chi connectivity index (χ1) is 9.56. The molecule has 0 aliphatic carbocycles. The van der Waals surface area contributed by atoms with Crippen LogP contribution in [0.5, 0.6) is 5.75 Å². The van der Waals surface area contributed by atoms with E-state index in [0.29, 0.717) is 16.0 Å². The fraction of sp³-hybridized carbons (Fsp3) is 0.286. The second-order valence-electron chi connectivity index (χ2n) is 4.27. The van der Waals surface area contributed by atoms with Gasteiger partial charge in [-0.05, 0) is 40.5 Å². The third kappa shape index (κ3) is 3.12. The smallest absolute Gasteiger partial charge is 0.265 e. The summed E-state index contributed by atoms with van der Waals surface area (Å²) in [5.41, 5.74) is 1.39. The van der Waals surface area contributed by atoms with Gasteiger partial charge in [0.15, 0.2) is 0 Å². The quantitative estimate of drug-likeness (QED) is 0.844. The van der Waals surface area contributed by atoms with Crippen molar-refractivity contribution in [2.45, 2.75) is 19.8 Å². The van der Waals surface area contributed by atoms with E-state index in [1.54, 1.807) is 7.11 Å². The van der Waals surface area contributed by atoms with E-state index in [0.717, 1.165) is 28.6 Å². The Morgan fingerprint density at radius 2 is 2.10 bits per heavy atom. The zero-order chi connectivity index (χ0) is 14.7. The van der Waals surface area contributed by atoms with Gasteiger partial charge in [0.2, 0.25) is 0 Å². The van der Waals surface area contributed by atoms with Gasteiger partial charge in [-0.25, -0.2) is 4.98 Å². The van der Waals surface area contributed by atoms with E-state index < -0.39 is 0 Å². The van der Waals surface area contributed by atoms with Gasteiger partial charge in [-0.3, -0.25) is 4.79 Å². The maximum atomic E-state index is 12.0. The minimum atomic E-state index is -0.173. The molecule has 0 unspecified atom stereocenters. The molecule has 0 saturated carbocycles. The maximum Gasteiger partial charge on any atom is 0.265 e. The number of hydrogen-bond acceptors (Lipinski definition) is 3. The lowest BCUT2D eigenvalue weighted by molar-refractivity contribution is 0.415. The Bertz CT molecular complexity index is 683. The molecule has 1 N–H and O–H groups in total. The Labute approximate surface area is 133 Å². The fourth-order valence-corrected chi connectivity index (χ4v) is 2.67. The van der Waals surface area contributed by atoms with E-state index in [1.807, 2.05) is 18.2 Å². The summed E-state index contributed by atoms with van der Waals surface area (Å²) in [6.45, 7) is 2.05. The van der Waals surface area contributed by atoms with Gasteiger partial charge in [0.1, 0.15) is 16.0 Å². The summed E-state index contributed by atoms with van der Waals surface area (Å²) < 4.78 is 6.57. The van der Waals surface area contributed by atoms with Gasteiger partial charge in [-0.15, -0.1) is 0 Å². The van der Waals surface area contributed by atoms with Crippen LogP contribution in [0.4, 0.5) is 0 Å². The molecular formula is C14H14Br2N2O2. The summed E-state index contributed by atoms with van der Waals surface area (Å²) in [4.78, 5) is 19.3. The summed E-state index contributed by atoms with van der Waals surface area (Å²) >= 11 is 6.77. The van der Waals surface area contributed by atoms with Crippen LogP contribution in [0.1, 0.15) is 19.0 Å². The Morgan fingerprint density at radius 3 is 2.75 bits per heavy atom. The maximum absolute atomic E-state index is 12.0. The normalized spacial score (nSPS) is 10.6. The second kappa shape index (κ2) is 6.54. The third-order valence-electron chi connectivity index (χ3n) is 2.85. The van der Waals surface area contributed by atoms with Crippen LogP contribution in [0.15, 0.2) is 31.9 Å². The highest BCUT2D eigenvalue weighted by Gasteiger charge is 2.12. The molecule has 0 aliphatic heterocycles. The fourth-order valence-electron chi connectivity index (χ4n) is 1.85. The number of halogens is 2. The van der Waals surface area contributed by atoms with Gasteiger partial charge in [0.25, 0.3) is 5.56 Å². The van der Waals surface area contributed by atoms with E-state index in [2.05, 4.69) is 48.8 Å². The van der Waals surface area contributed by atoms with Gasteiger partial charge >= 0.3 is 0 Å². The van der Waals surface area contributed by atoms with Crippen molar-refractivity contribution in [1.29, 1.82) is 0 Å². The van der Waals surface area contributed by atoms with E-state index in [9.17, 15) is 4.79 Å². The van der Waals surface area contributed by atoms with E-state index in [1.165, 1.54) is 0 Å². The summed E-state index contributed by atoms with van der Waals surface area (Å²) in [6, 6.07) is 5.55. The lowest BCUT2D eigenvalue weighted by Gasteiger charge is -2.09. The van der Waals surface area contributed by atoms with Crippen molar-refractivity contribution >= 4 is 31.9 Å². The Hall–Kier alpha value is -1.14. The van der Waals surface area contributed by atoms with Crippen LogP contribution in [0, 0.1) is 0 Å². The van der Waals surface area contributed by atoms with Gasteiger partial charge in [0, 0.05) is 10.0 Å². The molecule has 1 heterocycles. The minimum absolute atomic E-state index is 0.173. The number of nitrogens with one attached hydrogen (secondary N) is 1. The summed E-state index contributed by atoms with van der Waals surface area (Å²) in [6.07, 6.45) is 1.67. The minimum Gasteiger partial charge on any atom is -0.497 e. The molecule has 1 aromatic heterocycles. The first kappa shape index (κ1) is 15.3. The molecule has 2 rings (SSSR count). The third-order valence-corrected chi connectivity index (χ3v) is 4.36. The van der Waals surface area contributed by atoms with Crippen LogP contribution >= 0.6 is 31.9 Å². The number of methoxy groups -OCH3 is 1. The second-order valence-corrected chi connectivity index (χ2v) is 5.92. The molecule has 0 atom stereocenters. The number of ether oxygens (including phenoxy) is 1. The molecule has 20 heavy (non-hydrogen) atoms. The van der Waals surface area contributed by atoms with Crippen LogP contribution in [-0.2, 0) is 6.42 Å². The predicted molar refractivity (Wildman–Crippen MR) is 86.2 cm³/mol. The van der Waals surface area contributed by atoms with Crippen molar-refractivity contribution in [2.24, 2.45) is 0 Å². The van der Waals surface area contributed by atoms with E-state index >= 15 is 0 Å². The van der Waals surface area contributed by atoms with Gasteiger partial charge < -0.3 is 9.72 Å². The highest BCUT2D eigenvalue weighted by molar-refractivity contribution is 9.10. The number of aryl methyl sites for hydroxylation is 1. The number of benzene rings is 1. The lowest BCUT2D eigenvalue weighted by atomic mass is 10.2. The van der Waals surface area contributed by atoms with Crippen LogP contribution in [-0.4, -0.2) is 17.1 Å². The molecule has 106 valence electrons. The average Bonchev–Trinajstić information content (AvgIpc) is 2.44. The number of rotatable bonds is 4. The first-order valence-corrected chi connectivity index (χ1v) is 7.78. The number of H-pyrrole nitrogens is 1. The van der Waals surface area contributed by atoms with Crippen LogP contribution < -0.4 is 10.3 Å². The van der Waals surface area contributed by atoms with Crippen LogP contribution in [0.3, 0.4) is 0 Å². The molecule has 0 spiro atoms. The van der Waals surface area contributed by atoms with Crippen molar-refractivity contribution < 1.29 is 4.74 Å². The molecule has 0 bridgehead atoms. The summed E-state index contributed by atoms with van der Waals surface area (Å²) in [5, 5.41) is 0. The molecule has 0 saturated heterocycles. The van der Waals surface area contributed by atoms with Gasteiger partial charge in [-0.2, -0.15) is 0 Å². The molecule has 4 nitrogen and oxygen atoms in total. The number of aromatic nitrogens is 2. The van der Waals surface area contributed by atoms with Crippen molar-refractivity contribution in [3.63, 3.8) is 0 Å². The zero-order valence-electron chi connectivity index (χ0n) is 11.2. The molecule has 0 fully saturated rings. The predicted octanol–water partition coefficient (Wildman–Crippen LogP) is 3.92. The lowest BCUT2D eigenvalue weighted by Crippen LogP contribution is -2.13. The van der Waals surface area contributed by atoms with Crippen LogP contribution in [0.25, 0.3) is 11.4 Å². The molecule has 2 aromatic rings. The zero-order valence-corrected chi connectivity index (χ0v) is 14.3. The number of hydrogen-bond donors (Lipinski definition) is 1. The first-order valence-electron chi connectivity index (χ1n) is 6.19. The largest absolute Gasteiger partial charge is 0.497 e. The molecular weight excluding hydrogens is 388 g/mol. The van der Waals surface area contributed by atoms with Crippen LogP contribution in [0.2, 0.25) is 0 Å². The Kier molecular flexibility index (Phi) is 4.99. The standard InChI is InChI=1S/C14H14Br2N2O2/c1-3-4-11-12(16)14(19)18-13(17-11)9-7-8(20-2)5-6-10(9)15/h5-7H,3-4H2,1-2H3,(H,17,18,19). The van der Waals surface area contributed by atoms with E-state index in [4.69, 9.17) is 4.74 Å². The molecule has 0 radical (unpaired) electrons. The molecule has 0 aliphatic rings. The van der Waals surface area contributed by atoms with Gasteiger partial charge in [-0.1, -0.05) is 29.3 Å². The van der Waals surface area contributed by atoms with Crippen molar-refractivity contribution in [1.82, 2.24) is 9.97 Å². The topological polar surface area (TPSA) is 55.0 Å². The molecule has 6 heteroatoms. The SMILES string of the molecule is CCCc1nc(-c2cc(OC)ccc2Br)[nH]c(=O)c1Br. The Balaban J connectivity index is 2.60. The monoisotopic (exact) mass is 400 g/mol. The molecule has 0 amide bonds. The van der Waals surface area contributed by atoms with Crippen molar-refractivity contribution in [3.05, 3.63) is 43.2 Å². The number of aromatic amines is 1.